The number of amides is 5. The zero-order valence-corrected chi connectivity index (χ0v) is 31.2. The molecule has 2 heterocycles. The molecule has 5 amide bonds. The zero-order chi connectivity index (χ0) is 38.9. The van der Waals surface area contributed by atoms with Crippen molar-refractivity contribution in [2.45, 2.75) is 74.6 Å². The molecule has 1 aromatic carbocycles. The third-order valence-corrected chi connectivity index (χ3v) is 11.7. The van der Waals surface area contributed by atoms with Crippen molar-refractivity contribution in [3.8, 4) is 0 Å². The molecule has 2 saturated carbocycles. The van der Waals surface area contributed by atoms with Gasteiger partial charge in [0.15, 0.2) is 0 Å². The molecule has 0 spiro atoms. The van der Waals surface area contributed by atoms with Crippen molar-refractivity contribution in [2.24, 2.45) is 5.92 Å². The van der Waals surface area contributed by atoms with Crippen LogP contribution >= 0.6 is 0 Å². The second kappa shape index (κ2) is 17.7. The highest BCUT2D eigenvalue weighted by Crippen LogP contribution is 2.46. The minimum Gasteiger partial charge on any atom is -0.450 e. The van der Waals surface area contributed by atoms with Gasteiger partial charge in [-0.15, -0.1) is 0 Å². The maximum atomic E-state index is 13.6. The number of carbonyl (C=O) groups is 5. The number of hydrogen-bond donors (Lipinski definition) is 4. The van der Waals surface area contributed by atoms with Gasteiger partial charge in [0, 0.05) is 37.6 Å². The number of sulfonamides is 1. The van der Waals surface area contributed by atoms with Crippen LogP contribution in [0.5, 0.6) is 0 Å². The first kappa shape index (κ1) is 39.9. The molecule has 54 heavy (non-hydrogen) atoms. The fourth-order valence-corrected chi connectivity index (χ4v) is 7.83. The van der Waals surface area contributed by atoms with Gasteiger partial charge in [0.25, 0.3) is 11.5 Å². The number of hydrogen-bond acceptors (Lipinski definition) is 9. The number of H-pyrrole nitrogens is 1. The van der Waals surface area contributed by atoms with Gasteiger partial charge in [-0.2, -0.15) is 0 Å². The molecule has 2 aliphatic carbocycles. The third kappa shape index (κ3) is 10.2. The fraction of sp³-hybridized carbons (Fsp3) is 0.474. The first-order chi connectivity index (χ1) is 25.8. The van der Waals surface area contributed by atoms with E-state index in [2.05, 4.69) is 26.9 Å². The number of benzene rings is 1. The first-order valence-corrected chi connectivity index (χ1v) is 19.8. The average Bonchev–Trinajstić information content (AvgIpc) is 4.07. The average molecular weight is 765 g/mol. The van der Waals surface area contributed by atoms with Crippen LogP contribution in [0.4, 0.5) is 4.79 Å². The number of carbonyl (C=O) groups excluding carboxylic acids is 5. The number of unbranched alkanes of at least 4 members (excludes halogenated alkanes) is 2. The van der Waals surface area contributed by atoms with E-state index in [4.69, 9.17) is 4.74 Å². The van der Waals surface area contributed by atoms with Gasteiger partial charge in [0.1, 0.15) is 18.1 Å². The van der Waals surface area contributed by atoms with Crippen LogP contribution in [0, 0.1) is 5.92 Å². The van der Waals surface area contributed by atoms with Crippen molar-refractivity contribution < 1.29 is 37.1 Å². The maximum absolute atomic E-state index is 13.6. The molecular weight excluding hydrogens is 717 g/mol. The van der Waals surface area contributed by atoms with E-state index < -0.39 is 63.1 Å². The Morgan fingerprint density at radius 1 is 1.09 bits per heavy atom. The predicted molar refractivity (Wildman–Crippen MR) is 202 cm³/mol. The molecular formula is C38H48N6O9S. The topological polar surface area (TPSA) is 204 Å². The molecule has 290 valence electrons. The summed E-state index contributed by atoms with van der Waals surface area (Å²) in [5.74, 6) is -2.54. The van der Waals surface area contributed by atoms with Crippen molar-refractivity contribution >= 4 is 56.6 Å². The van der Waals surface area contributed by atoms with Crippen LogP contribution in [0.3, 0.4) is 0 Å². The molecule has 15 nitrogen and oxygen atoms in total. The molecule has 0 bridgehead atoms. The number of fused-ring (bicyclic) bond motifs is 1. The molecule has 1 saturated heterocycles. The molecule has 3 aliphatic rings. The lowest BCUT2D eigenvalue weighted by Gasteiger charge is -2.27. The smallest absolute Gasteiger partial charge is 0.407 e. The minimum atomic E-state index is -3.88. The first-order valence-electron chi connectivity index (χ1n) is 18.2. The highest BCUT2D eigenvalue weighted by molar-refractivity contribution is 7.91. The van der Waals surface area contributed by atoms with Crippen molar-refractivity contribution in [3.05, 3.63) is 77.3 Å². The molecule has 16 heteroatoms. The molecule has 0 unspecified atom stereocenters. The van der Waals surface area contributed by atoms with E-state index in [9.17, 15) is 37.2 Å². The lowest BCUT2D eigenvalue weighted by atomic mass is 10.1. The van der Waals surface area contributed by atoms with E-state index in [1.165, 1.54) is 15.9 Å². The Kier molecular flexibility index (Phi) is 13.1. The summed E-state index contributed by atoms with van der Waals surface area (Å²) >= 11 is 0. The van der Waals surface area contributed by atoms with Gasteiger partial charge >= 0.3 is 6.09 Å². The van der Waals surface area contributed by atoms with Crippen LogP contribution in [0.15, 0.2) is 66.1 Å². The summed E-state index contributed by atoms with van der Waals surface area (Å²) in [5.41, 5.74) is -0.782. The normalized spacial score (nSPS) is 20.9. The van der Waals surface area contributed by atoms with Crippen LogP contribution < -0.4 is 20.9 Å². The van der Waals surface area contributed by atoms with E-state index in [1.54, 1.807) is 25.4 Å². The number of alkyl carbamates (subject to hydrolysis) is 1. The largest absolute Gasteiger partial charge is 0.450 e. The summed E-state index contributed by atoms with van der Waals surface area (Å²) in [7, 11) is -2.21. The highest BCUT2D eigenvalue weighted by atomic mass is 32.2. The van der Waals surface area contributed by atoms with Gasteiger partial charge in [0.05, 0.1) is 11.9 Å². The number of pyridine rings is 1. The molecule has 3 atom stereocenters. The molecule has 5 rings (SSSR count). The summed E-state index contributed by atoms with van der Waals surface area (Å²) in [6.45, 7) is 3.95. The quantitative estimate of drug-likeness (QED) is 0.0999. The number of nitrogens with zero attached hydrogens (tertiary/aromatic N) is 2. The van der Waals surface area contributed by atoms with Gasteiger partial charge < -0.3 is 30.2 Å². The SMILES string of the molecule is C=CC(=O)N(C)CCC/C=C\[C@@H]1C[C@]1(NC(=O)[C@@H]1CCCN1C(=O)CNC(=O)OCCC/C=C/c1ccc2cc[nH]c(=O)c2c1)C(=O)NS(=O)(=O)C1CC1. The molecule has 2 aromatic rings. The predicted octanol–water partition coefficient (Wildman–Crippen LogP) is 2.50. The molecule has 1 aromatic heterocycles. The van der Waals surface area contributed by atoms with Crippen LogP contribution in [0.25, 0.3) is 16.8 Å². The summed E-state index contributed by atoms with van der Waals surface area (Å²) in [6.07, 6.45) is 13.8. The second-order valence-electron chi connectivity index (χ2n) is 13.9. The van der Waals surface area contributed by atoms with Crippen molar-refractivity contribution in [1.82, 2.24) is 30.1 Å². The molecule has 0 radical (unpaired) electrons. The lowest BCUT2D eigenvalue weighted by molar-refractivity contribution is -0.139. The Balaban J connectivity index is 1.08. The standard InChI is InChI=1S/C38H48N6O9S/c1-3-32(45)43(2)20-8-4-7-12-28-24-38(28,36(49)42-54(51,52)29-16-17-29)41-35(48)31-13-10-21-44(31)33(46)25-40-37(50)53-22-9-5-6-11-26-14-15-27-18-19-39-34(47)30(27)23-26/h3,6-7,11-12,14-15,18-19,23,28-29,31H,1,4-5,8-10,13,16-17,20-22,24-25H2,2H3,(H,39,47)(H,40,50)(H,41,48)(H,42,49)/b11-6+,12-7-/t28-,31+,38-/m1/s1. The number of likely N-dealkylation sites (N-methyl/N-ethyl adjacent to an activating group) is 1. The van der Waals surface area contributed by atoms with Gasteiger partial charge in [-0.3, -0.25) is 28.7 Å². The van der Waals surface area contributed by atoms with Crippen LogP contribution in [0.2, 0.25) is 0 Å². The second-order valence-corrected chi connectivity index (χ2v) is 15.9. The Morgan fingerprint density at radius 3 is 2.63 bits per heavy atom. The van der Waals surface area contributed by atoms with Crippen molar-refractivity contribution in [2.75, 3.05) is 33.3 Å². The zero-order valence-electron chi connectivity index (χ0n) is 30.4. The van der Waals surface area contributed by atoms with Crippen molar-refractivity contribution in [1.29, 1.82) is 0 Å². The maximum Gasteiger partial charge on any atom is 0.407 e. The van der Waals surface area contributed by atoms with Crippen LogP contribution in [-0.4, -0.2) is 103 Å². The van der Waals surface area contributed by atoms with Crippen LogP contribution in [0.1, 0.15) is 63.4 Å². The van der Waals surface area contributed by atoms with Crippen LogP contribution in [-0.2, 0) is 33.9 Å². The Morgan fingerprint density at radius 2 is 1.87 bits per heavy atom. The fourth-order valence-electron chi connectivity index (χ4n) is 6.47. The number of rotatable bonds is 18. The molecule has 1 aliphatic heterocycles. The summed E-state index contributed by atoms with van der Waals surface area (Å²) < 4.78 is 32.6. The Labute approximate surface area is 314 Å². The number of aromatic amines is 1. The van der Waals surface area contributed by atoms with Gasteiger partial charge in [-0.1, -0.05) is 43.0 Å². The van der Waals surface area contributed by atoms with E-state index in [0.29, 0.717) is 63.3 Å². The van der Waals surface area contributed by atoms with E-state index in [1.807, 2.05) is 36.4 Å². The monoisotopic (exact) mass is 764 g/mol. The number of ether oxygens (including phenoxy) is 1. The summed E-state index contributed by atoms with van der Waals surface area (Å²) in [4.78, 5) is 81.7. The highest BCUT2D eigenvalue weighted by Gasteiger charge is 2.61. The number of nitrogens with one attached hydrogen (secondary N) is 4. The molecule has 3 fully saturated rings. The summed E-state index contributed by atoms with van der Waals surface area (Å²) in [6, 6.07) is 6.51. The van der Waals surface area contributed by atoms with E-state index >= 15 is 0 Å². The molecule has 4 N–H and O–H groups in total. The lowest BCUT2D eigenvalue weighted by Crippen LogP contribution is -2.57. The van der Waals surface area contributed by atoms with Crippen molar-refractivity contribution in [3.63, 3.8) is 0 Å². The number of allylic oxidation sites excluding steroid dienone is 2. The van der Waals surface area contributed by atoms with Gasteiger partial charge in [0.2, 0.25) is 27.7 Å². The van der Waals surface area contributed by atoms with Gasteiger partial charge in [-0.25, -0.2) is 13.2 Å². The Hall–Kier alpha value is -5.25. The van der Waals surface area contributed by atoms with E-state index in [0.717, 1.165) is 10.9 Å². The summed E-state index contributed by atoms with van der Waals surface area (Å²) in [5, 5.41) is 6.03. The van der Waals surface area contributed by atoms with E-state index in [-0.39, 0.29) is 31.0 Å². The third-order valence-electron chi connectivity index (χ3n) is 9.87. The number of likely N-dealkylation sites (tertiary alicyclic amines) is 1. The minimum absolute atomic E-state index is 0.110. The van der Waals surface area contributed by atoms with Gasteiger partial charge in [-0.05, 0) is 86.9 Å². The number of aromatic nitrogens is 1. The Bertz CT molecular complexity index is 1990.